The van der Waals surface area contributed by atoms with Gasteiger partial charge in [0.05, 0.1) is 37.3 Å². The number of nitrogens with one attached hydrogen (secondary N) is 1. The van der Waals surface area contributed by atoms with Crippen molar-refractivity contribution in [1.82, 2.24) is 9.62 Å². The fraction of sp³-hybridized carbons (Fsp3) is 0.658. The van der Waals surface area contributed by atoms with Gasteiger partial charge in [-0.3, -0.25) is 4.79 Å². The number of anilines is 1. The Morgan fingerprint density at radius 3 is 2.49 bits per heavy atom. The molecule has 11 heteroatoms. The van der Waals surface area contributed by atoms with Crippen LogP contribution >= 0.6 is 11.6 Å². The lowest BCUT2D eigenvalue weighted by Crippen LogP contribution is -2.52. The molecule has 1 N–H and O–H groups in total. The quantitative estimate of drug-likeness (QED) is 0.412. The summed E-state index contributed by atoms with van der Waals surface area (Å²) >= 11 is 6.47. The molecule has 2 aliphatic carbocycles. The van der Waals surface area contributed by atoms with Crippen molar-refractivity contribution in [2.75, 3.05) is 57.7 Å². The maximum atomic E-state index is 13.5. The summed E-state index contributed by atoms with van der Waals surface area (Å²) in [5, 5.41) is 0.750. The smallest absolute Gasteiger partial charge is 0.264 e. The topological polar surface area (TPSA) is 97.4 Å². The fourth-order valence-corrected chi connectivity index (χ4v) is 10.7. The summed E-state index contributed by atoms with van der Waals surface area (Å²) in [5.74, 6) is 1.07. The first kappa shape index (κ1) is 35.1. The van der Waals surface area contributed by atoms with Crippen LogP contribution in [0.25, 0.3) is 0 Å². The lowest BCUT2D eigenvalue weighted by atomic mass is 9.64. The number of fused-ring (bicyclic) bond motifs is 4. The van der Waals surface area contributed by atoms with Crippen molar-refractivity contribution in [2.45, 2.75) is 76.5 Å². The molecular formula is C38H52ClN3O6S. The minimum absolute atomic E-state index is 0.107. The number of amides is 1. The van der Waals surface area contributed by atoms with Crippen LogP contribution in [0.2, 0.25) is 5.02 Å². The molecule has 1 saturated heterocycles. The monoisotopic (exact) mass is 713 g/mol. The highest BCUT2D eigenvalue weighted by Crippen LogP contribution is 2.49. The summed E-state index contributed by atoms with van der Waals surface area (Å²) < 4.78 is 48.6. The molecule has 2 fully saturated rings. The number of benzene rings is 2. The van der Waals surface area contributed by atoms with Crippen molar-refractivity contribution in [3.05, 3.63) is 58.1 Å². The molecular weight excluding hydrogens is 662 g/mol. The van der Waals surface area contributed by atoms with Crippen LogP contribution in [0.5, 0.6) is 5.75 Å². The van der Waals surface area contributed by atoms with Crippen molar-refractivity contribution in [3.63, 3.8) is 0 Å². The molecule has 7 rings (SSSR count). The van der Waals surface area contributed by atoms with E-state index in [0.717, 1.165) is 74.5 Å². The van der Waals surface area contributed by atoms with Gasteiger partial charge >= 0.3 is 0 Å². The van der Waals surface area contributed by atoms with Gasteiger partial charge in [0.1, 0.15) is 5.75 Å². The van der Waals surface area contributed by atoms with E-state index in [1.54, 1.807) is 6.07 Å². The predicted molar refractivity (Wildman–Crippen MR) is 192 cm³/mol. The van der Waals surface area contributed by atoms with Crippen LogP contribution in [0.1, 0.15) is 73.9 Å². The Kier molecular flexibility index (Phi) is 10.0. The van der Waals surface area contributed by atoms with E-state index in [4.69, 9.17) is 25.8 Å². The number of carbonyl (C=O) groups is 1. The normalized spacial score (nSPS) is 34.9. The summed E-state index contributed by atoms with van der Waals surface area (Å²) in [6.07, 6.45) is 6.73. The Hall–Kier alpha value is -2.37. The van der Waals surface area contributed by atoms with Crippen LogP contribution in [0.3, 0.4) is 0 Å². The predicted octanol–water partition coefficient (Wildman–Crippen LogP) is 5.88. The van der Waals surface area contributed by atoms with E-state index in [1.165, 1.54) is 11.1 Å². The highest BCUT2D eigenvalue weighted by molar-refractivity contribution is 7.90. The van der Waals surface area contributed by atoms with E-state index < -0.39 is 15.9 Å². The van der Waals surface area contributed by atoms with E-state index in [2.05, 4.69) is 47.7 Å². The molecule has 2 aromatic carbocycles. The van der Waals surface area contributed by atoms with Crippen LogP contribution in [-0.4, -0.2) is 84.3 Å². The zero-order valence-corrected chi connectivity index (χ0v) is 30.9. The number of sulfonamides is 1. The Labute approximate surface area is 297 Å². The van der Waals surface area contributed by atoms with Gasteiger partial charge in [-0.1, -0.05) is 31.5 Å². The molecule has 1 amide bonds. The van der Waals surface area contributed by atoms with Crippen LogP contribution in [-0.2, 0) is 31.3 Å². The van der Waals surface area contributed by atoms with Crippen LogP contribution in [0.4, 0.5) is 5.69 Å². The van der Waals surface area contributed by atoms with Gasteiger partial charge in [-0.05, 0) is 124 Å². The molecule has 2 aromatic rings. The highest BCUT2D eigenvalue weighted by atomic mass is 35.5. The first-order valence-corrected chi connectivity index (χ1v) is 20.2. The molecule has 3 heterocycles. The SMILES string of the molecule is C[C@@H]1CS(=O)(=O)NC(=O)c2ccc3c(c2)N(C[C@@H]2CC[C@H]2[C@@H]([C@H]2OC[C@H](N(C)C)CO2)CC[C@@H]1C)C[C@@]1(CCCc2cc(Cl)ccc21)CO3. The minimum atomic E-state index is -3.86. The van der Waals surface area contributed by atoms with Gasteiger partial charge in [0.15, 0.2) is 6.29 Å². The number of hydrogen-bond acceptors (Lipinski definition) is 8. The summed E-state index contributed by atoms with van der Waals surface area (Å²) in [4.78, 5) is 18.1. The molecule has 0 unspecified atom stereocenters. The number of halogens is 1. The van der Waals surface area contributed by atoms with Gasteiger partial charge in [-0.25, -0.2) is 13.1 Å². The van der Waals surface area contributed by atoms with Gasteiger partial charge in [0, 0.05) is 35.0 Å². The molecule has 3 aliphatic heterocycles. The lowest BCUT2D eigenvalue weighted by molar-refractivity contribution is -0.241. The number of aryl methyl sites for hydroxylation is 1. The highest BCUT2D eigenvalue weighted by Gasteiger charge is 2.47. The molecule has 2 bridgehead atoms. The Balaban J connectivity index is 1.26. The van der Waals surface area contributed by atoms with E-state index >= 15 is 0 Å². The maximum absolute atomic E-state index is 13.5. The van der Waals surface area contributed by atoms with E-state index in [0.29, 0.717) is 37.2 Å². The second-order valence-corrected chi connectivity index (χ2v) is 18.1. The number of carbonyl (C=O) groups excluding carboxylic acids is 1. The average Bonchev–Trinajstić information content (AvgIpc) is 3.20. The van der Waals surface area contributed by atoms with Crippen LogP contribution < -0.4 is 14.4 Å². The average molecular weight is 714 g/mol. The Morgan fingerprint density at radius 2 is 1.76 bits per heavy atom. The van der Waals surface area contributed by atoms with Crippen LogP contribution in [0, 0.1) is 29.6 Å². The lowest BCUT2D eigenvalue weighted by Gasteiger charge is -2.49. The van der Waals surface area contributed by atoms with Gasteiger partial charge < -0.3 is 24.0 Å². The van der Waals surface area contributed by atoms with Crippen molar-refractivity contribution < 1.29 is 27.4 Å². The third kappa shape index (κ3) is 7.23. The molecule has 6 atom stereocenters. The molecule has 0 aromatic heterocycles. The summed E-state index contributed by atoms with van der Waals surface area (Å²) in [6.45, 7) is 7.45. The van der Waals surface area contributed by atoms with Crippen molar-refractivity contribution in [2.24, 2.45) is 29.6 Å². The Bertz CT molecular complexity index is 1650. The van der Waals surface area contributed by atoms with E-state index in [1.807, 2.05) is 25.1 Å². The number of likely N-dealkylation sites (N-methyl/N-ethyl adjacent to an activating group) is 1. The van der Waals surface area contributed by atoms with E-state index in [9.17, 15) is 13.2 Å². The first-order chi connectivity index (χ1) is 23.4. The molecule has 49 heavy (non-hydrogen) atoms. The van der Waals surface area contributed by atoms with Crippen LogP contribution in [0.15, 0.2) is 36.4 Å². The summed E-state index contributed by atoms with van der Waals surface area (Å²) in [7, 11) is 0.266. The molecule has 1 spiro atoms. The maximum Gasteiger partial charge on any atom is 0.264 e. The standard InChI is InChI=1S/C38H52ClN3O6S/c1-24-7-11-32(37-46-19-30(20-47-37)41(3)4)31-12-8-28(31)18-42-22-38(15-5-6-26-16-29(39)10-13-33(26)38)23-48-35-14-9-27(17-34(35)42)36(43)40-49(44,45)21-25(24)2/h9-10,13-14,16-17,24-25,28,30-32,37H,5-8,11-12,15,18-23H2,1-4H3,(H,40,43)/t24-,25+,28-,30-,31+,32-,37-,38-/m0/s1. The second-order valence-electron chi connectivity index (χ2n) is 15.8. The zero-order valence-electron chi connectivity index (χ0n) is 29.3. The van der Waals surface area contributed by atoms with Crippen molar-refractivity contribution in [3.8, 4) is 5.75 Å². The summed E-state index contributed by atoms with van der Waals surface area (Å²) in [5.41, 5.74) is 3.49. The number of rotatable bonds is 2. The van der Waals surface area contributed by atoms with Gasteiger partial charge in [-0.2, -0.15) is 0 Å². The molecule has 1 saturated carbocycles. The van der Waals surface area contributed by atoms with Crippen molar-refractivity contribution in [1.29, 1.82) is 0 Å². The van der Waals surface area contributed by atoms with Crippen molar-refractivity contribution >= 4 is 33.2 Å². The number of ether oxygens (including phenoxy) is 3. The largest absolute Gasteiger partial charge is 0.490 e. The first-order valence-electron chi connectivity index (χ1n) is 18.2. The summed E-state index contributed by atoms with van der Waals surface area (Å²) in [6, 6.07) is 11.9. The second kappa shape index (κ2) is 14.0. The Morgan fingerprint density at radius 1 is 0.980 bits per heavy atom. The van der Waals surface area contributed by atoms with Gasteiger partial charge in [-0.15, -0.1) is 0 Å². The molecule has 9 nitrogen and oxygen atoms in total. The number of nitrogens with zero attached hydrogens (tertiary/aromatic N) is 2. The third-order valence-corrected chi connectivity index (χ3v) is 14.1. The van der Waals surface area contributed by atoms with Gasteiger partial charge in [0.2, 0.25) is 10.0 Å². The molecule has 5 aliphatic rings. The molecule has 268 valence electrons. The fourth-order valence-electron chi connectivity index (χ4n) is 9.02. The number of hydrogen-bond donors (Lipinski definition) is 1. The zero-order chi connectivity index (χ0) is 34.5. The minimum Gasteiger partial charge on any atom is -0.490 e. The van der Waals surface area contributed by atoms with E-state index in [-0.39, 0.29) is 41.3 Å². The molecule has 0 radical (unpaired) electrons. The third-order valence-electron chi connectivity index (χ3n) is 12.4. The van der Waals surface area contributed by atoms with Gasteiger partial charge in [0.25, 0.3) is 5.91 Å².